The molecule has 1 aliphatic carbocycles. The quantitative estimate of drug-likeness (QED) is 0.531. The molecule has 1 aromatic carbocycles. The van der Waals surface area contributed by atoms with E-state index in [9.17, 15) is 4.79 Å². The zero-order chi connectivity index (χ0) is 21.0. The molecule has 0 saturated carbocycles. The maximum absolute atomic E-state index is 12.8. The highest BCUT2D eigenvalue weighted by Crippen LogP contribution is 2.50. The van der Waals surface area contributed by atoms with E-state index in [0.717, 1.165) is 29.1 Å². The van der Waals surface area contributed by atoms with E-state index in [-0.39, 0.29) is 10.8 Å². The Balaban J connectivity index is 2.07. The van der Waals surface area contributed by atoms with E-state index in [1.54, 1.807) is 18.4 Å². The number of carbonyl (C=O) groups is 1. The van der Waals surface area contributed by atoms with Crippen LogP contribution in [0.1, 0.15) is 62.1 Å². The highest BCUT2D eigenvalue weighted by Gasteiger charge is 2.41. The number of para-hydroxylation sites is 1. The van der Waals surface area contributed by atoms with Crippen LogP contribution in [-0.4, -0.2) is 29.1 Å². The summed E-state index contributed by atoms with van der Waals surface area (Å²) < 4.78 is 13.1. The zero-order valence-corrected chi connectivity index (χ0v) is 18.8. The van der Waals surface area contributed by atoms with Gasteiger partial charge in [-0.2, -0.15) is 0 Å². The Morgan fingerprint density at radius 1 is 1.24 bits per heavy atom. The Hall–Kier alpha value is -2.34. The Bertz CT molecular complexity index is 1090. The monoisotopic (exact) mass is 412 g/mol. The molecule has 0 spiro atoms. The van der Waals surface area contributed by atoms with Gasteiger partial charge in [-0.05, 0) is 37.3 Å². The molecule has 3 aromatic rings. The normalized spacial score (nSPS) is 17.2. The summed E-state index contributed by atoms with van der Waals surface area (Å²) >= 11 is 1.69. The summed E-state index contributed by atoms with van der Waals surface area (Å²) in [4.78, 5) is 19.7. The molecule has 5 nitrogen and oxygen atoms in total. The largest absolute Gasteiger partial charge is 0.496 e. The van der Waals surface area contributed by atoms with Crippen LogP contribution in [0.15, 0.2) is 24.3 Å². The van der Waals surface area contributed by atoms with Gasteiger partial charge in [-0.1, -0.05) is 39.8 Å². The predicted molar refractivity (Wildman–Crippen MR) is 116 cm³/mol. The first-order valence-corrected chi connectivity index (χ1v) is 10.9. The third kappa shape index (κ3) is 3.23. The maximum Gasteiger partial charge on any atom is 0.359 e. The zero-order valence-electron chi connectivity index (χ0n) is 18.0. The molecular formula is C23H28N2O3S. The molecule has 0 N–H and O–H groups in total. The van der Waals surface area contributed by atoms with Gasteiger partial charge in [0.2, 0.25) is 0 Å². The van der Waals surface area contributed by atoms with E-state index < -0.39 is 5.97 Å². The lowest BCUT2D eigenvalue weighted by atomic mass is 9.67. The number of hydrogen-bond acceptors (Lipinski definition) is 5. The lowest BCUT2D eigenvalue weighted by molar-refractivity contribution is 0.0521. The number of hydrogen-bond donors (Lipinski definition) is 0. The van der Waals surface area contributed by atoms with Crippen LogP contribution in [0, 0.1) is 5.41 Å². The van der Waals surface area contributed by atoms with Crippen LogP contribution in [0.4, 0.5) is 0 Å². The topological polar surface area (TPSA) is 52.8 Å². The fraction of sp³-hybridized carbons (Fsp3) is 0.478. The summed E-state index contributed by atoms with van der Waals surface area (Å²) in [7, 11) is 1.65. The van der Waals surface area contributed by atoms with Crippen LogP contribution in [0.25, 0.3) is 16.2 Å². The summed E-state index contributed by atoms with van der Waals surface area (Å²) in [6.07, 6.45) is 2.05. The molecule has 0 atom stereocenters. The van der Waals surface area contributed by atoms with E-state index in [0.29, 0.717) is 18.1 Å². The maximum atomic E-state index is 12.8. The Kier molecular flexibility index (Phi) is 4.73. The van der Waals surface area contributed by atoms with Crippen LogP contribution in [-0.2, 0) is 16.6 Å². The number of aromatic nitrogens is 2. The van der Waals surface area contributed by atoms with Gasteiger partial charge in [0.25, 0.3) is 0 Å². The number of carbonyl (C=O) groups excluding carboxylic acids is 1. The third-order valence-electron chi connectivity index (χ3n) is 5.58. The van der Waals surface area contributed by atoms with Crippen molar-refractivity contribution in [2.24, 2.45) is 5.41 Å². The van der Waals surface area contributed by atoms with Crippen LogP contribution in [0.2, 0.25) is 0 Å². The van der Waals surface area contributed by atoms with Gasteiger partial charge in [0.1, 0.15) is 5.75 Å². The number of esters is 1. The molecule has 0 amide bonds. The fourth-order valence-corrected chi connectivity index (χ4v) is 6.12. The number of thiazole rings is 1. The van der Waals surface area contributed by atoms with E-state index in [1.165, 1.54) is 10.6 Å². The van der Waals surface area contributed by atoms with Crippen molar-refractivity contribution in [2.75, 3.05) is 13.7 Å². The first-order valence-electron chi connectivity index (χ1n) is 10.0. The first-order chi connectivity index (χ1) is 13.7. The van der Waals surface area contributed by atoms with Crippen molar-refractivity contribution in [3.8, 4) is 17.0 Å². The van der Waals surface area contributed by atoms with Gasteiger partial charge in [0.15, 0.2) is 10.7 Å². The minimum absolute atomic E-state index is 0.0601. The second-order valence-corrected chi connectivity index (χ2v) is 10.1. The van der Waals surface area contributed by atoms with Gasteiger partial charge in [0, 0.05) is 21.5 Å². The lowest BCUT2D eigenvalue weighted by Gasteiger charge is -2.40. The number of imidazole rings is 1. The predicted octanol–water partition coefficient (Wildman–Crippen LogP) is 5.50. The van der Waals surface area contributed by atoms with Crippen molar-refractivity contribution in [3.63, 3.8) is 0 Å². The standard InChI is InChI=1S/C23H28N2O3S/c1-7-28-20(26)17-18(14-10-8-9-11-16(14)27-6)25-15-12-22(2,3)13-23(4,5)19(15)29-21(25)24-17/h8-11H,7,12-13H2,1-6H3. The second kappa shape index (κ2) is 6.87. The third-order valence-corrected chi connectivity index (χ3v) is 7.03. The Labute approximate surface area is 175 Å². The molecule has 29 heavy (non-hydrogen) atoms. The molecule has 6 heteroatoms. The van der Waals surface area contributed by atoms with Gasteiger partial charge in [-0.3, -0.25) is 4.40 Å². The summed E-state index contributed by atoms with van der Waals surface area (Å²) in [5.74, 6) is 0.321. The molecular weight excluding hydrogens is 384 g/mol. The van der Waals surface area contributed by atoms with E-state index in [4.69, 9.17) is 14.5 Å². The van der Waals surface area contributed by atoms with E-state index in [1.807, 2.05) is 31.2 Å². The average molecular weight is 413 g/mol. The van der Waals surface area contributed by atoms with Gasteiger partial charge in [0.05, 0.1) is 19.4 Å². The van der Waals surface area contributed by atoms with Gasteiger partial charge in [-0.25, -0.2) is 9.78 Å². The summed E-state index contributed by atoms with van der Waals surface area (Å²) in [6.45, 7) is 11.4. The highest BCUT2D eigenvalue weighted by molar-refractivity contribution is 7.17. The highest BCUT2D eigenvalue weighted by atomic mass is 32.1. The number of ether oxygens (including phenoxy) is 2. The Morgan fingerprint density at radius 2 is 1.97 bits per heavy atom. The van der Waals surface area contributed by atoms with Crippen molar-refractivity contribution in [2.45, 2.75) is 52.9 Å². The summed E-state index contributed by atoms with van der Waals surface area (Å²) in [6, 6.07) is 7.78. The average Bonchev–Trinajstić information content (AvgIpc) is 3.18. The van der Waals surface area contributed by atoms with Gasteiger partial charge >= 0.3 is 5.97 Å². The Morgan fingerprint density at radius 3 is 2.66 bits per heavy atom. The number of benzene rings is 1. The molecule has 0 fully saturated rings. The van der Waals surface area contributed by atoms with E-state index in [2.05, 4.69) is 32.1 Å². The smallest absolute Gasteiger partial charge is 0.359 e. The van der Waals surface area contributed by atoms with Crippen molar-refractivity contribution >= 4 is 22.3 Å². The SMILES string of the molecule is CCOC(=O)c1nc2sc3c(n2c1-c1ccccc1OC)CC(C)(C)CC3(C)C. The first kappa shape index (κ1) is 20.0. The van der Waals surface area contributed by atoms with Crippen LogP contribution in [0.3, 0.4) is 0 Å². The van der Waals surface area contributed by atoms with Crippen molar-refractivity contribution in [3.05, 3.63) is 40.5 Å². The minimum Gasteiger partial charge on any atom is -0.496 e. The molecule has 0 unspecified atom stereocenters. The summed E-state index contributed by atoms with van der Waals surface area (Å²) in [5.41, 5.74) is 3.44. The van der Waals surface area contributed by atoms with Crippen LogP contribution < -0.4 is 4.74 Å². The fourth-order valence-electron chi connectivity index (χ4n) is 4.88. The molecule has 0 radical (unpaired) electrons. The molecule has 0 aliphatic heterocycles. The molecule has 0 bridgehead atoms. The van der Waals surface area contributed by atoms with Crippen LogP contribution in [0.5, 0.6) is 5.75 Å². The number of rotatable bonds is 4. The summed E-state index contributed by atoms with van der Waals surface area (Å²) in [5, 5.41) is 0. The van der Waals surface area contributed by atoms with E-state index >= 15 is 0 Å². The minimum atomic E-state index is -0.396. The number of fused-ring (bicyclic) bond motifs is 3. The van der Waals surface area contributed by atoms with Crippen LogP contribution >= 0.6 is 11.3 Å². The van der Waals surface area contributed by atoms with Crippen molar-refractivity contribution in [1.29, 1.82) is 0 Å². The van der Waals surface area contributed by atoms with Crippen molar-refractivity contribution in [1.82, 2.24) is 9.38 Å². The molecule has 4 rings (SSSR count). The second-order valence-electron chi connectivity index (χ2n) is 9.13. The molecule has 154 valence electrons. The molecule has 2 aromatic heterocycles. The number of nitrogens with zero attached hydrogens (tertiary/aromatic N) is 2. The van der Waals surface area contributed by atoms with Gasteiger partial charge in [-0.15, -0.1) is 11.3 Å². The molecule has 2 heterocycles. The van der Waals surface area contributed by atoms with Crippen molar-refractivity contribution < 1.29 is 14.3 Å². The molecule has 0 saturated heterocycles. The molecule has 1 aliphatic rings. The number of methoxy groups -OCH3 is 1. The lowest BCUT2D eigenvalue weighted by Crippen LogP contribution is -2.34. The van der Waals surface area contributed by atoms with Gasteiger partial charge < -0.3 is 9.47 Å².